The average molecular weight is 318 g/mol. The van der Waals surface area contributed by atoms with Crippen molar-refractivity contribution in [1.29, 1.82) is 0 Å². The lowest BCUT2D eigenvalue weighted by Gasteiger charge is -2.21. The molecule has 1 aliphatic carbocycles. The summed E-state index contributed by atoms with van der Waals surface area (Å²) in [6.07, 6.45) is 6.51. The van der Waals surface area contributed by atoms with E-state index in [2.05, 4.69) is 21.4 Å². The van der Waals surface area contributed by atoms with Gasteiger partial charge in [0.1, 0.15) is 0 Å². The van der Waals surface area contributed by atoms with Crippen LogP contribution in [0.15, 0.2) is 22.7 Å². The Hall–Kier alpha value is -0.0900. The van der Waals surface area contributed by atoms with Crippen molar-refractivity contribution in [2.45, 2.75) is 38.1 Å². The molecule has 0 spiro atoms. The van der Waals surface area contributed by atoms with E-state index >= 15 is 0 Å². The van der Waals surface area contributed by atoms with E-state index < -0.39 is 0 Å². The van der Waals surface area contributed by atoms with Crippen LogP contribution in [0.25, 0.3) is 0 Å². The Morgan fingerprint density at radius 3 is 2.71 bits per heavy atom. The molecule has 0 heterocycles. The van der Waals surface area contributed by atoms with Crippen LogP contribution in [-0.4, -0.2) is 0 Å². The number of hydrazine groups is 1. The standard InChI is InChI=1S/C13H18BrClN2/c14-12-8-10(15)5-6-11(12)13(17-16)7-9-3-1-2-4-9/h5-6,8-9,13,17H,1-4,7,16H2. The van der Waals surface area contributed by atoms with E-state index in [1.807, 2.05) is 18.2 Å². The summed E-state index contributed by atoms with van der Waals surface area (Å²) in [6.45, 7) is 0. The van der Waals surface area contributed by atoms with Crippen LogP contribution in [0.4, 0.5) is 0 Å². The molecule has 2 rings (SSSR count). The van der Waals surface area contributed by atoms with Crippen molar-refractivity contribution in [1.82, 2.24) is 5.43 Å². The first-order valence-electron chi connectivity index (χ1n) is 6.12. The highest BCUT2D eigenvalue weighted by atomic mass is 79.9. The first-order valence-corrected chi connectivity index (χ1v) is 7.29. The lowest BCUT2D eigenvalue weighted by Crippen LogP contribution is -2.29. The molecule has 0 bridgehead atoms. The van der Waals surface area contributed by atoms with Gasteiger partial charge >= 0.3 is 0 Å². The minimum Gasteiger partial charge on any atom is -0.271 e. The summed E-state index contributed by atoms with van der Waals surface area (Å²) >= 11 is 9.51. The first kappa shape index (κ1) is 13.3. The van der Waals surface area contributed by atoms with Gasteiger partial charge in [0.25, 0.3) is 0 Å². The molecular formula is C13H18BrClN2. The van der Waals surface area contributed by atoms with Gasteiger partial charge in [-0.3, -0.25) is 11.3 Å². The monoisotopic (exact) mass is 316 g/mol. The SMILES string of the molecule is NNC(CC1CCCC1)c1ccc(Cl)cc1Br. The zero-order chi connectivity index (χ0) is 12.3. The largest absolute Gasteiger partial charge is 0.271 e. The van der Waals surface area contributed by atoms with E-state index in [0.717, 1.165) is 21.8 Å². The summed E-state index contributed by atoms with van der Waals surface area (Å²) < 4.78 is 1.03. The van der Waals surface area contributed by atoms with Gasteiger partial charge in [-0.1, -0.05) is 59.3 Å². The molecule has 1 atom stereocenters. The quantitative estimate of drug-likeness (QED) is 0.645. The van der Waals surface area contributed by atoms with Crippen molar-refractivity contribution in [3.05, 3.63) is 33.3 Å². The van der Waals surface area contributed by atoms with E-state index in [-0.39, 0.29) is 6.04 Å². The van der Waals surface area contributed by atoms with Crippen LogP contribution in [0, 0.1) is 5.92 Å². The van der Waals surface area contributed by atoms with Crippen molar-refractivity contribution in [2.24, 2.45) is 11.8 Å². The second kappa shape index (κ2) is 6.19. The molecule has 4 heteroatoms. The Morgan fingerprint density at radius 2 is 2.12 bits per heavy atom. The predicted molar refractivity (Wildman–Crippen MR) is 75.8 cm³/mol. The predicted octanol–water partition coefficient (Wildman–Crippen LogP) is 4.19. The van der Waals surface area contributed by atoms with Crippen molar-refractivity contribution < 1.29 is 0 Å². The van der Waals surface area contributed by atoms with Crippen LogP contribution in [0.2, 0.25) is 5.02 Å². The number of hydrogen-bond donors (Lipinski definition) is 2. The molecule has 0 aromatic heterocycles. The van der Waals surface area contributed by atoms with Gasteiger partial charge in [0.05, 0.1) is 0 Å². The smallest absolute Gasteiger partial charge is 0.0473 e. The summed E-state index contributed by atoms with van der Waals surface area (Å²) in [5.74, 6) is 6.49. The summed E-state index contributed by atoms with van der Waals surface area (Å²) in [6, 6.07) is 6.10. The van der Waals surface area contributed by atoms with Gasteiger partial charge in [-0.15, -0.1) is 0 Å². The fourth-order valence-corrected chi connectivity index (χ4v) is 3.61. The fourth-order valence-electron chi connectivity index (χ4n) is 2.65. The lowest BCUT2D eigenvalue weighted by atomic mass is 9.94. The highest BCUT2D eigenvalue weighted by Gasteiger charge is 2.21. The van der Waals surface area contributed by atoms with Crippen LogP contribution in [0.5, 0.6) is 0 Å². The van der Waals surface area contributed by atoms with Crippen LogP contribution in [0.3, 0.4) is 0 Å². The third-order valence-corrected chi connectivity index (χ3v) is 4.50. The Bertz CT molecular complexity index is 378. The number of hydrogen-bond acceptors (Lipinski definition) is 2. The third-order valence-electron chi connectivity index (χ3n) is 3.58. The minimum atomic E-state index is 0.213. The van der Waals surface area contributed by atoms with Gasteiger partial charge in [-0.25, -0.2) is 0 Å². The maximum absolute atomic E-state index is 5.95. The molecule has 0 radical (unpaired) electrons. The summed E-state index contributed by atoms with van der Waals surface area (Å²) in [7, 11) is 0. The van der Waals surface area contributed by atoms with Gasteiger partial charge in [0, 0.05) is 15.5 Å². The van der Waals surface area contributed by atoms with Crippen LogP contribution >= 0.6 is 27.5 Å². The highest BCUT2D eigenvalue weighted by molar-refractivity contribution is 9.10. The molecule has 1 unspecified atom stereocenters. The van der Waals surface area contributed by atoms with Crippen LogP contribution in [-0.2, 0) is 0 Å². The molecule has 1 aromatic rings. The Labute approximate surface area is 116 Å². The Balaban J connectivity index is 2.10. The van der Waals surface area contributed by atoms with Crippen molar-refractivity contribution >= 4 is 27.5 Å². The molecule has 0 aliphatic heterocycles. The highest BCUT2D eigenvalue weighted by Crippen LogP contribution is 2.35. The number of nitrogens with two attached hydrogens (primary N) is 1. The Morgan fingerprint density at radius 1 is 1.41 bits per heavy atom. The molecule has 94 valence electrons. The molecule has 0 saturated heterocycles. The van der Waals surface area contributed by atoms with Crippen molar-refractivity contribution in [3.8, 4) is 0 Å². The van der Waals surface area contributed by atoms with E-state index in [1.165, 1.54) is 31.2 Å². The third kappa shape index (κ3) is 3.44. The second-order valence-corrected chi connectivity index (χ2v) is 6.06. The molecule has 17 heavy (non-hydrogen) atoms. The molecular weight excluding hydrogens is 300 g/mol. The van der Waals surface area contributed by atoms with E-state index in [4.69, 9.17) is 17.4 Å². The van der Waals surface area contributed by atoms with Gasteiger partial charge in [0.15, 0.2) is 0 Å². The fraction of sp³-hybridized carbons (Fsp3) is 0.538. The molecule has 2 nitrogen and oxygen atoms in total. The molecule has 1 fully saturated rings. The molecule has 3 N–H and O–H groups in total. The molecule has 1 aromatic carbocycles. The second-order valence-electron chi connectivity index (χ2n) is 4.77. The number of benzene rings is 1. The number of rotatable bonds is 4. The zero-order valence-corrected chi connectivity index (χ0v) is 12.1. The van der Waals surface area contributed by atoms with Gasteiger partial charge in [-0.2, -0.15) is 0 Å². The van der Waals surface area contributed by atoms with Crippen LogP contribution < -0.4 is 11.3 Å². The van der Waals surface area contributed by atoms with Gasteiger partial charge in [-0.05, 0) is 30.0 Å². The molecule has 1 aliphatic rings. The van der Waals surface area contributed by atoms with E-state index in [0.29, 0.717) is 0 Å². The average Bonchev–Trinajstić information content (AvgIpc) is 2.79. The first-order chi connectivity index (χ1) is 8.20. The minimum absolute atomic E-state index is 0.213. The van der Waals surface area contributed by atoms with Crippen molar-refractivity contribution in [2.75, 3.05) is 0 Å². The maximum atomic E-state index is 5.95. The maximum Gasteiger partial charge on any atom is 0.0473 e. The van der Waals surface area contributed by atoms with E-state index in [9.17, 15) is 0 Å². The number of halogens is 2. The summed E-state index contributed by atoms with van der Waals surface area (Å²) in [5.41, 5.74) is 4.13. The normalized spacial score (nSPS) is 18.5. The number of nitrogens with one attached hydrogen (secondary N) is 1. The summed E-state index contributed by atoms with van der Waals surface area (Å²) in [5, 5.41) is 0.747. The van der Waals surface area contributed by atoms with Gasteiger partial charge in [0.2, 0.25) is 0 Å². The zero-order valence-electron chi connectivity index (χ0n) is 9.76. The molecule has 0 amide bonds. The summed E-state index contributed by atoms with van der Waals surface area (Å²) in [4.78, 5) is 0. The molecule has 1 saturated carbocycles. The lowest BCUT2D eigenvalue weighted by molar-refractivity contribution is 0.399. The topological polar surface area (TPSA) is 38.0 Å². The van der Waals surface area contributed by atoms with E-state index in [1.54, 1.807) is 0 Å². The van der Waals surface area contributed by atoms with Gasteiger partial charge < -0.3 is 0 Å². The van der Waals surface area contributed by atoms with Crippen LogP contribution in [0.1, 0.15) is 43.7 Å². The van der Waals surface area contributed by atoms with Crippen molar-refractivity contribution in [3.63, 3.8) is 0 Å². The Kier molecular flexibility index (Phi) is 4.86.